The highest BCUT2D eigenvalue weighted by Crippen LogP contribution is 2.13. The van der Waals surface area contributed by atoms with Gasteiger partial charge in [0.15, 0.2) is 0 Å². The van der Waals surface area contributed by atoms with E-state index in [9.17, 15) is 9.59 Å². The van der Waals surface area contributed by atoms with Crippen LogP contribution in [0.4, 0.5) is 0 Å². The largest absolute Gasteiger partial charge is 0.461 e. The molecule has 1 aromatic heterocycles. The third kappa shape index (κ3) is 6.62. The van der Waals surface area contributed by atoms with Gasteiger partial charge in [0.2, 0.25) is 10.9 Å². The van der Waals surface area contributed by atoms with Gasteiger partial charge in [-0.3, -0.25) is 9.69 Å². The zero-order chi connectivity index (χ0) is 17.2. The first-order valence-electron chi connectivity index (χ1n) is 7.97. The molecule has 0 N–H and O–H groups in total. The van der Waals surface area contributed by atoms with Crippen molar-refractivity contribution >= 4 is 23.2 Å². The van der Waals surface area contributed by atoms with E-state index in [1.54, 1.807) is 6.92 Å². The molecule has 0 aliphatic rings. The number of esters is 1. The molecule has 0 aliphatic carbocycles. The van der Waals surface area contributed by atoms with Gasteiger partial charge in [0.1, 0.15) is 5.01 Å². The maximum Gasteiger partial charge on any atom is 0.369 e. The zero-order valence-electron chi connectivity index (χ0n) is 14.4. The van der Waals surface area contributed by atoms with Crippen LogP contribution in [0.1, 0.15) is 48.4 Å². The number of carbonyl (C=O) groups is 2. The van der Waals surface area contributed by atoms with Gasteiger partial charge in [-0.2, -0.15) is 0 Å². The number of hydrogen-bond acceptors (Lipinski definition) is 7. The molecule has 0 aliphatic heterocycles. The number of likely N-dealkylation sites (N-methyl/N-ethyl adjacent to an activating group) is 2. The minimum Gasteiger partial charge on any atom is -0.461 e. The number of nitrogens with zero attached hydrogens (tertiary/aromatic N) is 4. The molecule has 0 saturated carbocycles. The van der Waals surface area contributed by atoms with Gasteiger partial charge in [-0.25, -0.2) is 4.79 Å². The summed E-state index contributed by atoms with van der Waals surface area (Å²) in [6.07, 6.45) is 2.09. The zero-order valence-corrected chi connectivity index (χ0v) is 15.2. The number of amides is 1. The lowest BCUT2D eigenvalue weighted by atomic mass is 10.3. The van der Waals surface area contributed by atoms with Crippen LogP contribution in [0.2, 0.25) is 0 Å². The van der Waals surface area contributed by atoms with Crippen molar-refractivity contribution in [2.24, 2.45) is 0 Å². The molecule has 23 heavy (non-hydrogen) atoms. The van der Waals surface area contributed by atoms with Crippen LogP contribution in [0.25, 0.3) is 0 Å². The summed E-state index contributed by atoms with van der Waals surface area (Å²) in [5, 5.41) is 8.76. The third-order valence-electron chi connectivity index (χ3n) is 3.24. The van der Waals surface area contributed by atoms with Gasteiger partial charge >= 0.3 is 5.97 Å². The van der Waals surface area contributed by atoms with Gasteiger partial charge in [-0.15, -0.1) is 10.2 Å². The van der Waals surface area contributed by atoms with Crippen molar-refractivity contribution in [2.45, 2.75) is 40.2 Å². The Morgan fingerprint density at radius 1 is 1.22 bits per heavy atom. The lowest BCUT2D eigenvalue weighted by molar-refractivity contribution is -0.132. The summed E-state index contributed by atoms with van der Waals surface area (Å²) in [4.78, 5) is 27.6. The predicted molar refractivity (Wildman–Crippen MR) is 89.4 cm³/mol. The number of ether oxygens (including phenoxy) is 1. The molecule has 1 aromatic rings. The molecule has 0 atom stereocenters. The first kappa shape index (κ1) is 19.5. The van der Waals surface area contributed by atoms with Crippen molar-refractivity contribution in [3.05, 3.63) is 10.0 Å². The molecule has 0 spiro atoms. The van der Waals surface area contributed by atoms with Crippen molar-refractivity contribution in [3.8, 4) is 0 Å². The Kier molecular flexibility index (Phi) is 8.71. The fraction of sp³-hybridized carbons (Fsp3) is 0.733. The number of carbonyl (C=O) groups excluding carboxylic acids is 2. The molecule has 0 aromatic carbocycles. The van der Waals surface area contributed by atoms with Gasteiger partial charge in [-0.05, 0) is 27.3 Å². The van der Waals surface area contributed by atoms with E-state index in [1.165, 1.54) is 11.3 Å². The summed E-state index contributed by atoms with van der Waals surface area (Å²) in [5.41, 5.74) is 0. The molecule has 1 heterocycles. The van der Waals surface area contributed by atoms with Gasteiger partial charge in [0, 0.05) is 13.1 Å². The summed E-state index contributed by atoms with van der Waals surface area (Å²) in [7, 11) is 1.86. The normalized spacial score (nSPS) is 10.8. The molecule has 130 valence electrons. The van der Waals surface area contributed by atoms with Crippen LogP contribution in [-0.4, -0.2) is 65.2 Å². The molecule has 1 amide bonds. The highest BCUT2D eigenvalue weighted by molar-refractivity contribution is 7.13. The van der Waals surface area contributed by atoms with Crippen LogP contribution in [0.5, 0.6) is 0 Å². The maximum absolute atomic E-state index is 12.3. The Hall–Kier alpha value is -1.54. The standard InChI is InChI=1S/C15H26N4O3S/c1-5-8-9-19(6-2)13(20)11-18(4)10-12-16-17-14(23-12)15(21)22-7-3/h5-11H2,1-4H3. The maximum atomic E-state index is 12.3. The smallest absolute Gasteiger partial charge is 0.369 e. The van der Waals surface area contributed by atoms with E-state index < -0.39 is 5.97 Å². The lowest BCUT2D eigenvalue weighted by Crippen LogP contribution is -2.39. The Bertz CT molecular complexity index is 507. The number of hydrogen-bond donors (Lipinski definition) is 0. The summed E-state index contributed by atoms with van der Waals surface area (Å²) in [6, 6.07) is 0. The average Bonchev–Trinajstić information content (AvgIpc) is 2.96. The van der Waals surface area contributed by atoms with Crippen molar-refractivity contribution in [1.82, 2.24) is 20.0 Å². The van der Waals surface area contributed by atoms with Gasteiger partial charge < -0.3 is 9.64 Å². The first-order chi connectivity index (χ1) is 11.0. The fourth-order valence-corrected chi connectivity index (χ4v) is 2.83. The van der Waals surface area contributed by atoms with Gasteiger partial charge in [-0.1, -0.05) is 24.7 Å². The molecule has 1 rings (SSSR count). The molecular weight excluding hydrogens is 316 g/mol. The molecular formula is C15H26N4O3S. The summed E-state index contributed by atoms with van der Waals surface area (Å²) in [6.45, 7) is 8.49. The molecule has 0 unspecified atom stereocenters. The Morgan fingerprint density at radius 2 is 1.96 bits per heavy atom. The quantitative estimate of drug-likeness (QED) is 0.604. The van der Waals surface area contributed by atoms with Gasteiger partial charge in [0.05, 0.1) is 19.7 Å². The van der Waals surface area contributed by atoms with Crippen LogP contribution in [0, 0.1) is 0 Å². The fourth-order valence-electron chi connectivity index (χ4n) is 2.02. The van der Waals surface area contributed by atoms with Gasteiger partial charge in [0.25, 0.3) is 0 Å². The number of aromatic nitrogens is 2. The summed E-state index contributed by atoms with van der Waals surface area (Å²) in [5.74, 6) is -0.342. The van der Waals surface area contributed by atoms with Crippen LogP contribution in [-0.2, 0) is 16.1 Å². The second kappa shape index (κ2) is 10.3. The minimum absolute atomic E-state index is 0.110. The van der Waals surface area contributed by atoms with E-state index in [0.717, 1.165) is 25.9 Å². The van der Waals surface area contributed by atoms with E-state index in [0.29, 0.717) is 24.7 Å². The Labute approximate surface area is 141 Å². The molecule has 0 radical (unpaired) electrons. The van der Waals surface area contributed by atoms with Crippen molar-refractivity contribution in [2.75, 3.05) is 33.3 Å². The molecule has 8 heteroatoms. The van der Waals surface area contributed by atoms with E-state index in [-0.39, 0.29) is 10.9 Å². The van der Waals surface area contributed by atoms with Crippen LogP contribution < -0.4 is 0 Å². The van der Waals surface area contributed by atoms with E-state index >= 15 is 0 Å². The van der Waals surface area contributed by atoms with E-state index in [2.05, 4.69) is 17.1 Å². The first-order valence-corrected chi connectivity index (χ1v) is 8.79. The highest BCUT2D eigenvalue weighted by Gasteiger charge is 2.17. The molecule has 0 bridgehead atoms. The molecule has 7 nitrogen and oxygen atoms in total. The van der Waals surface area contributed by atoms with E-state index in [4.69, 9.17) is 4.74 Å². The van der Waals surface area contributed by atoms with Crippen molar-refractivity contribution in [3.63, 3.8) is 0 Å². The second-order valence-corrected chi connectivity index (χ2v) is 6.28. The third-order valence-corrected chi connectivity index (χ3v) is 4.13. The topological polar surface area (TPSA) is 75.6 Å². The van der Waals surface area contributed by atoms with Crippen molar-refractivity contribution in [1.29, 1.82) is 0 Å². The van der Waals surface area contributed by atoms with Crippen LogP contribution in [0.15, 0.2) is 0 Å². The Balaban J connectivity index is 2.51. The average molecular weight is 342 g/mol. The minimum atomic E-state index is -0.452. The molecule has 0 saturated heterocycles. The van der Waals surface area contributed by atoms with Crippen LogP contribution >= 0.6 is 11.3 Å². The summed E-state index contributed by atoms with van der Waals surface area (Å²) >= 11 is 1.20. The Morgan fingerprint density at radius 3 is 2.57 bits per heavy atom. The molecule has 0 fully saturated rings. The number of unbranched alkanes of at least 4 members (excludes halogenated alkanes) is 1. The lowest BCUT2D eigenvalue weighted by Gasteiger charge is -2.23. The van der Waals surface area contributed by atoms with Crippen LogP contribution in [0.3, 0.4) is 0 Å². The predicted octanol–water partition coefficient (Wildman–Crippen LogP) is 1.80. The van der Waals surface area contributed by atoms with Crippen molar-refractivity contribution < 1.29 is 14.3 Å². The summed E-state index contributed by atoms with van der Waals surface area (Å²) < 4.78 is 4.89. The monoisotopic (exact) mass is 342 g/mol. The highest BCUT2D eigenvalue weighted by atomic mass is 32.1. The second-order valence-electron chi connectivity index (χ2n) is 5.22. The SMILES string of the molecule is CCCCN(CC)C(=O)CN(C)Cc1nnc(C(=O)OCC)s1. The van der Waals surface area contributed by atoms with E-state index in [1.807, 2.05) is 23.8 Å². The number of rotatable bonds is 10.